The normalized spacial score (nSPS) is 23.0. The third-order valence-electron chi connectivity index (χ3n) is 3.37. The van der Waals surface area contributed by atoms with E-state index in [1.165, 1.54) is 5.56 Å². The van der Waals surface area contributed by atoms with Gasteiger partial charge in [0.25, 0.3) is 0 Å². The fraction of sp³-hybridized carbons (Fsp3) is 0.500. The first-order valence-corrected chi connectivity index (χ1v) is 6.17. The van der Waals surface area contributed by atoms with Crippen molar-refractivity contribution in [2.24, 2.45) is 21.8 Å². The van der Waals surface area contributed by atoms with Gasteiger partial charge in [0, 0.05) is 37.0 Å². The molecule has 1 aliphatic heterocycles. The average Bonchev–Trinajstić information content (AvgIpc) is 2.39. The first kappa shape index (κ1) is 12.0. The molecule has 3 atom stereocenters. The van der Waals surface area contributed by atoms with Crippen molar-refractivity contribution in [2.45, 2.75) is 26.7 Å². The maximum Gasteiger partial charge on any atom is 0.126 e. The molecular formula is C14H19N3. The zero-order valence-corrected chi connectivity index (χ0v) is 10.7. The molecule has 3 nitrogen and oxygen atoms in total. The molecular weight excluding hydrogens is 210 g/mol. The molecule has 0 aliphatic carbocycles. The average molecular weight is 229 g/mol. The second-order valence-electron chi connectivity index (χ2n) is 4.82. The van der Waals surface area contributed by atoms with Crippen LogP contribution in [0.25, 0.3) is 0 Å². The lowest BCUT2D eigenvalue weighted by Gasteiger charge is -2.22. The first-order valence-electron chi connectivity index (χ1n) is 6.17. The second kappa shape index (κ2) is 5.21. The van der Waals surface area contributed by atoms with Gasteiger partial charge in [-0.3, -0.25) is 9.98 Å². The topological polar surface area (TPSA) is 37.6 Å². The van der Waals surface area contributed by atoms with E-state index >= 15 is 0 Å². The summed E-state index contributed by atoms with van der Waals surface area (Å²) in [6.07, 6.45) is 5.74. The highest BCUT2D eigenvalue weighted by Gasteiger charge is 2.21. The summed E-state index contributed by atoms with van der Waals surface area (Å²) in [4.78, 5) is 13.2. The molecule has 2 heterocycles. The SMILES string of the molecule is CC1C=NC(C(C)C(C)c2cccnc2)=NC1. The van der Waals surface area contributed by atoms with Crippen molar-refractivity contribution < 1.29 is 0 Å². The number of aliphatic imine (C=N–C) groups is 2. The molecule has 90 valence electrons. The van der Waals surface area contributed by atoms with Crippen LogP contribution in [0, 0.1) is 11.8 Å². The molecule has 1 aromatic rings. The molecule has 1 aromatic heterocycles. The maximum atomic E-state index is 4.56. The van der Waals surface area contributed by atoms with Crippen LogP contribution < -0.4 is 0 Å². The van der Waals surface area contributed by atoms with Gasteiger partial charge in [-0.2, -0.15) is 0 Å². The van der Waals surface area contributed by atoms with E-state index in [2.05, 4.69) is 41.8 Å². The molecule has 3 heteroatoms. The standard InChI is InChI=1S/C14H19N3/c1-10-7-16-14(17-8-10)12(3)11(2)13-5-4-6-15-9-13/h4-7,9-12H,8H2,1-3H3. The number of nitrogens with zero attached hydrogens (tertiary/aromatic N) is 3. The van der Waals surface area contributed by atoms with Gasteiger partial charge >= 0.3 is 0 Å². The van der Waals surface area contributed by atoms with Crippen molar-refractivity contribution in [2.75, 3.05) is 6.54 Å². The Bertz CT molecular complexity index is 422. The minimum absolute atomic E-state index is 0.336. The maximum absolute atomic E-state index is 4.56. The quantitative estimate of drug-likeness (QED) is 0.785. The summed E-state index contributed by atoms with van der Waals surface area (Å²) in [7, 11) is 0. The monoisotopic (exact) mass is 229 g/mol. The summed E-state index contributed by atoms with van der Waals surface area (Å²) in [5, 5.41) is 0. The van der Waals surface area contributed by atoms with Crippen molar-refractivity contribution in [3.63, 3.8) is 0 Å². The number of hydrogen-bond donors (Lipinski definition) is 0. The number of rotatable bonds is 3. The van der Waals surface area contributed by atoms with Crippen LogP contribution in [-0.4, -0.2) is 23.6 Å². The minimum Gasteiger partial charge on any atom is -0.270 e. The highest BCUT2D eigenvalue weighted by Crippen LogP contribution is 2.25. The molecule has 0 bridgehead atoms. The smallest absolute Gasteiger partial charge is 0.126 e. The molecule has 0 aromatic carbocycles. The van der Waals surface area contributed by atoms with E-state index in [0.717, 1.165) is 12.4 Å². The third-order valence-corrected chi connectivity index (χ3v) is 3.37. The van der Waals surface area contributed by atoms with Crippen LogP contribution in [0.1, 0.15) is 32.3 Å². The van der Waals surface area contributed by atoms with E-state index in [0.29, 0.717) is 17.8 Å². The highest BCUT2D eigenvalue weighted by molar-refractivity contribution is 5.93. The Morgan fingerprint density at radius 1 is 1.29 bits per heavy atom. The number of pyridine rings is 1. The second-order valence-corrected chi connectivity index (χ2v) is 4.82. The molecule has 0 radical (unpaired) electrons. The van der Waals surface area contributed by atoms with Gasteiger partial charge in [-0.15, -0.1) is 0 Å². The molecule has 17 heavy (non-hydrogen) atoms. The fourth-order valence-corrected chi connectivity index (χ4v) is 1.95. The van der Waals surface area contributed by atoms with E-state index in [1.54, 1.807) is 6.20 Å². The molecule has 0 saturated heterocycles. The lowest BCUT2D eigenvalue weighted by Crippen LogP contribution is -2.21. The van der Waals surface area contributed by atoms with Crippen molar-refractivity contribution in [1.82, 2.24) is 4.98 Å². The molecule has 1 aliphatic rings. The van der Waals surface area contributed by atoms with Gasteiger partial charge in [0.2, 0.25) is 0 Å². The molecule has 3 unspecified atom stereocenters. The van der Waals surface area contributed by atoms with Crippen LogP contribution in [-0.2, 0) is 0 Å². The molecule has 2 rings (SSSR count). The lowest BCUT2D eigenvalue weighted by atomic mass is 9.88. The summed E-state index contributed by atoms with van der Waals surface area (Å²) >= 11 is 0. The van der Waals surface area contributed by atoms with Gasteiger partial charge in [-0.25, -0.2) is 4.99 Å². The van der Waals surface area contributed by atoms with Crippen LogP contribution in [0.4, 0.5) is 0 Å². The van der Waals surface area contributed by atoms with E-state index < -0.39 is 0 Å². The Morgan fingerprint density at radius 2 is 2.12 bits per heavy atom. The van der Waals surface area contributed by atoms with Crippen molar-refractivity contribution in [3.8, 4) is 0 Å². The fourth-order valence-electron chi connectivity index (χ4n) is 1.95. The Balaban J connectivity index is 2.11. The van der Waals surface area contributed by atoms with Crippen molar-refractivity contribution in [1.29, 1.82) is 0 Å². The van der Waals surface area contributed by atoms with E-state index in [4.69, 9.17) is 0 Å². The zero-order valence-electron chi connectivity index (χ0n) is 10.7. The lowest BCUT2D eigenvalue weighted by molar-refractivity contribution is 0.608. The van der Waals surface area contributed by atoms with E-state index in [-0.39, 0.29) is 0 Å². The van der Waals surface area contributed by atoms with Crippen LogP contribution >= 0.6 is 0 Å². The third kappa shape index (κ3) is 2.78. The summed E-state index contributed by atoms with van der Waals surface area (Å²) in [6.45, 7) is 7.39. The predicted molar refractivity (Wildman–Crippen MR) is 71.8 cm³/mol. The summed E-state index contributed by atoms with van der Waals surface area (Å²) < 4.78 is 0. The van der Waals surface area contributed by atoms with Gasteiger partial charge in [-0.05, 0) is 17.5 Å². The van der Waals surface area contributed by atoms with Crippen molar-refractivity contribution in [3.05, 3.63) is 30.1 Å². The summed E-state index contributed by atoms with van der Waals surface area (Å²) in [6, 6.07) is 4.09. The van der Waals surface area contributed by atoms with Gasteiger partial charge in [0.1, 0.15) is 5.84 Å². The van der Waals surface area contributed by atoms with E-state index in [1.807, 2.05) is 18.5 Å². The minimum atomic E-state index is 0.336. The Kier molecular flexibility index (Phi) is 3.67. The van der Waals surface area contributed by atoms with Crippen LogP contribution in [0.5, 0.6) is 0 Å². The Morgan fingerprint density at radius 3 is 2.71 bits per heavy atom. The summed E-state index contributed by atoms with van der Waals surface area (Å²) in [5.41, 5.74) is 1.25. The molecule has 0 N–H and O–H groups in total. The zero-order chi connectivity index (χ0) is 12.3. The summed E-state index contributed by atoms with van der Waals surface area (Å²) in [5.74, 6) is 2.18. The largest absolute Gasteiger partial charge is 0.270 e. The Labute approximate surface area is 103 Å². The number of hydrogen-bond acceptors (Lipinski definition) is 3. The van der Waals surface area contributed by atoms with Gasteiger partial charge in [0.05, 0.1) is 0 Å². The van der Waals surface area contributed by atoms with Crippen LogP contribution in [0.3, 0.4) is 0 Å². The number of amidine groups is 1. The van der Waals surface area contributed by atoms with Crippen molar-refractivity contribution >= 4 is 12.1 Å². The number of aromatic nitrogens is 1. The molecule has 0 spiro atoms. The molecule has 0 saturated carbocycles. The predicted octanol–water partition coefficient (Wildman–Crippen LogP) is 2.94. The van der Waals surface area contributed by atoms with Gasteiger partial charge in [-0.1, -0.05) is 26.8 Å². The van der Waals surface area contributed by atoms with Crippen LogP contribution in [0.15, 0.2) is 34.5 Å². The van der Waals surface area contributed by atoms with E-state index in [9.17, 15) is 0 Å². The first-order chi connectivity index (χ1) is 8.18. The highest BCUT2D eigenvalue weighted by atomic mass is 14.9. The molecule has 0 fully saturated rings. The van der Waals surface area contributed by atoms with Gasteiger partial charge < -0.3 is 0 Å². The molecule has 0 amide bonds. The Hall–Kier alpha value is -1.51. The van der Waals surface area contributed by atoms with Gasteiger partial charge in [0.15, 0.2) is 0 Å². The van der Waals surface area contributed by atoms with Crippen LogP contribution in [0.2, 0.25) is 0 Å².